The van der Waals surface area contributed by atoms with Gasteiger partial charge in [-0.25, -0.2) is 0 Å². The zero-order chi connectivity index (χ0) is 29.9. The largest absolute Gasteiger partial charge is 0.392 e. The summed E-state index contributed by atoms with van der Waals surface area (Å²) >= 11 is 0. The fraction of sp³-hybridized carbons (Fsp3) is 0.278. The molecule has 0 aliphatic carbocycles. The van der Waals surface area contributed by atoms with Crippen molar-refractivity contribution in [3.8, 4) is 0 Å². The topological polar surface area (TPSA) is 79.3 Å². The molecule has 0 radical (unpaired) electrons. The summed E-state index contributed by atoms with van der Waals surface area (Å²) in [5, 5.41) is 9.51. The van der Waals surface area contributed by atoms with E-state index in [1.165, 1.54) is 10.5 Å². The van der Waals surface area contributed by atoms with E-state index in [0.29, 0.717) is 17.5 Å². The fourth-order valence-electron chi connectivity index (χ4n) is 5.84. The van der Waals surface area contributed by atoms with Crippen LogP contribution in [0.5, 0.6) is 0 Å². The first kappa shape index (κ1) is 29.0. The highest BCUT2D eigenvalue weighted by atomic mass is 16.7. The summed E-state index contributed by atoms with van der Waals surface area (Å²) in [6, 6.07) is 33.2. The molecule has 6 rings (SSSR count). The molecule has 43 heavy (non-hydrogen) atoms. The molecule has 0 spiro atoms. The number of nitrogens with zero attached hydrogens (tertiary/aromatic N) is 2. The third kappa shape index (κ3) is 6.17. The summed E-state index contributed by atoms with van der Waals surface area (Å²) in [6.45, 7) is 3.11. The number of amides is 2. The number of imide groups is 1. The van der Waals surface area contributed by atoms with Crippen LogP contribution in [0.2, 0.25) is 0 Å². The minimum atomic E-state index is -0.588. The quantitative estimate of drug-likeness (QED) is 0.239. The maximum Gasteiger partial charge on any atom is 0.261 e. The van der Waals surface area contributed by atoms with Gasteiger partial charge in [-0.05, 0) is 48.4 Å². The first-order valence-electron chi connectivity index (χ1n) is 14.7. The van der Waals surface area contributed by atoms with Crippen LogP contribution in [-0.4, -0.2) is 46.4 Å². The third-order valence-electron chi connectivity index (χ3n) is 8.52. The highest BCUT2D eigenvalue weighted by Crippen LogP contribution is 2.39. The van der Waals surface area contributed by atoms with Crippen LogP contribution in [0.1, 0.15) is 80.3 Å². The molecular weight excluding hydrogens is 540 g/mol. The number of benzene rings is 4. The lowest BCUT2D eigenvalue weighted by molar-refractivity contribution is -0.253. The highest BCUT2D eigenvalue weighted by Gasteiger charge is 2.36. The van der Waals surface area contributed by atoms with Crippen LogP contribution < -0.4 is 0 Å². The summed E-state index contributed by atoms with van der Waals surface area (Å²) in [7, 11) is 2.12. The molecule has 0 saturated carbocycles. The van der Waals surface area contributed by atoms with Gasteiger partial charge in [-0.3, -0.25) is 19.4 Å². The smallest absolute Gasteiger partial charge is 0.261 e. The monoisotopic (exact) mass is 576 g/mol. The van der Waals surface area contributed by atoms with Gasteiger partial charge in [-0.15, -0.1) is 0 Å². The van der Waals surface area contributed by atoms with E-state index in [0.717, 1.165) is 28.8 Å². The van der Waals surface area contributed by atoms with E-state index in [1.54, 1.807) is 24.3 Å². The van der Waals surface area contributed by atoms with Crippen molar-refractivity contribution >= 4 is 11.8 Å². The summed E-state index contributed by atoms with van der Waals surface area (Å²) < 4.78 is 13.1. The molecular formula is C36H36N2O5. The molecule has 4 aromatic rings. The van der Waals surface area contributed by atoms with Crippen LogP contribution in [0, 0.1) is 0 Å². The minimum absolute atomic E-state index is 0.00457. The lowest BCUT2D eigenvalue weighted by atomic mass is 9.99. The second-order valence-electron chi connectivity index (χ2n) is 11.4. The van der Waals surface area contributed by atoms with Gasteiger partial charge in [-0.2, -0.15) is 0 Å². The Labute approximate surface area is 252 Å². The molecule has 4 aromatic carbocycles. The van der Waals surface area contributed by atoms with Gasteiger partial charge in [0.25, 0.3) is 11.8 Å². The number of aliphatic hydroxyl groups excluding tert-OH is 1. The fourth-order valence-corrected chi connectivity index (χ4v) is 5.84. The number of ether oxygens (including phenoxy) is 2. The molecule has 0 unspecified atom stereocenters. The molecule has 1 saturated heterocycles. The number of carbonyl (C=O) groups is 2. The number of hydrogen-bond donors (Lipinski definition) is 1. The standard InChI is InChI=1S/C36H36N2O5/c1-24(27-8-4-3-5-9-27)37(2)22-30-20-33(28-16-14-26(23-39)15-17-28)43-36(42-30)29-18-12-25(13-19-29)21-38-34(40)31-10-6-7-11-32(31)35(38)41/h3-19,24,30,33,36,39H,20-23H2,1-2H3/t24-,30-,33+,36+/m0/s1. The normalized spacial score (nSPS) is 20.8. The van der Waals surface area contributed by atoms with Crippen LogP contribution in [0.3, 0.4) is 0 Å². The maximum atomic E-state index is 12.8. The zero-order valence-electron chi connectivity index (χ0n) is 24.4. The Kier molecular flexibility index (Phi) is 8.49. The van der Waals surface area contributed by atoms with Gasteiger partial charge in [0, 0.05) is 24.6 Å². The Morgan fingerprint density at radius 3 is 2.00 bits per heavy atom. The lowest BCUT2D eigenvalue weighted by Gasteiger charge is -2.39. The van der Waals surface area contributed by atoms with Crippen molar-refractivity contribution in [3.63, 3.8) is 0 Å². The molecule has 1 N–H and O–H groups in total. The number of likely N-dealkylation sites (N-methyl/N-ethyl adjacent to an activating group) is 1. The molecule has 4 atom stereocenters. The van der Waals surface area contributed by atoms with Crippen molar-refractivity contribution in [2.75, 3.05) is 13.6 Å². The second kappa shape index (κ2) is 12.6. The Morgan fingerprint density at radius 1 is 0.791 bits per heavy atom. The Balaban J connectivity index is 1.19. The highest BCUT2D eigenvalue weighted by molar-refractivity contribution is 6.21. The predicted octanol–water partition coefficient (Wildman–Crippen LogP) is 6.21. The summed E-state index contributed by atoms with van der Waals surface area (Å²) in [5.41, 5.74) is 5.75. The Morgan fingerprint density at radius 2 is 1.37 bits per heavy atom. The van der Waals surface area contributed by atoms with Crippen molar-refractivity contribution in [1.29, 1.82) is 0 Å². The molecule has 220 valence electrons. The van der Waals surface area contributed by atoms with Crippen LogP contribution in [-0.2, 0) is 22.6 Å². The van der Waals surface area contributed by atoms with Crippen molar-refractivity contribution in [3.05, 3.63) is 142 Å². The molecule has 1 fully saturated rings. The van der Waals surface area contributed by atoms with Crippen LogP contribution in [0.4, 0.5) is 0 Å². The van der Waals surface area contributed by atoms with Crippen molar-refractivity contribution in [2.24, 2.45) is 0 Å². The van der Waals surface area contributed by atoms with Gasteiger partial charge in [0.2, 0.25) is 0 Å². The van der Waals surface area contributed by atoms with Gasteiger partial charge < -0.3 is 14.6 Å². The molecule has 7 heteroatoms. The molecule has 2 aliphatic rings. The lowest BCUT2D eigenvalue weighted by Crippen LogP contribution is -2.38. The average Bonchev–Trinajstić information content (AvgIpc) is 3.29. The molecule has 2 aliphatic heterocycles. The average molecular weight is 577 g/mol. The van der Waals surface area contributed by atoms with E-state index >= 15 is 0 Å². The van der Waals surface area contributed by atoms with E-state index in [9.17, 15) is 14.7 Å². The van der Waals surface area contributed by atoms with E-state index in [2.05, 4.69) is 43.1 Å². The molecule has 0 bridgehead atoms. The van der Waals surface area contributed by atoms with Crippen LogP contribution in [0.25, 0.3) is 0 Å². The second-order valence-corrected chi connectivity index (χ2v) is 11.4. The summed E-state index contributed by atoms with van der Waals surface area (Å²) in [4.78, 5) is 29.3. The van der Waals surface area contributed by atoms with E-state index in [4.69, 9.17) is 9.47 Å². The number of aliphatic hydroxyl groups is 1. The van der Waals surface area contributed by atoms with Gasteiger partial charge in [0.1, 0.15) is 0 Å². The van der Waals surface area contributed by atoms with E-state index < -0.39 is 6.29 Å². The van der Waals surface area contributed by atoms with Crippen molar-refractivity contribution in [1.82, 2.24) is 9.80 Å². The van der Waals surface area contributed by atoms with E-state index in [-0.39, 0.29) is 43.2 Å². The SMILES string of the molecule is C[C@@H](c1ccccc1)N(C)C[C@@H]1C[C@H](c2ccc(CO)cc2)O[C@H](c2ccc(CN3C(=O)c4ccccc4C3=O)cc2)O1. The predicted molar refractivity (Wildman–Crippen MR) is 163 cm³/mol. The number of rotatable bonds is 9. The summed E-state index contributed by atoms with van der Waals surface area (Å²) in [5.74, 6) is -0.536. The van der Waals surface area contributed by atoms with Gasteiger partial charge in [-0.1, -0.05) is 91.0 Å². The maximum absolute atomic E-state index is 12.8. The van der Waals surface area contributed by atoms with Crippen LogP contribution >= 0.6 is 0 Å². The summed E-state index contributed by atoms with van der Waals surface area (Å²) in [6.07, 6.45) is -0.168. The number of fused-ring (bicyclic) bond motifs is 1. The molecule has 7 nitrogen and oxygen atoms in total. The van der Waals surface area contributed by atoms with Crippen molar-refractivity contribution < 1.29 is 24.2 Å². The van der Waals surface area contributed by atoms with Gasteiger partial charge in [0.15, 0.2) is 6.29 Å². The Bertz CT molecular complexity index is 1540. The molecule has 2 heterocycles. The zero-order valence-corrected chi connectivity index (χ0v) is 24.4. The molecule has 0 aromatic heterocycles. The third-order valence-corrected chi connectivity index (χ3v) is 8.52. The van der Waals surface area contributed by atoms with Gasteiger partial charge >= 0.3 is 0 Å². The van der Waals surface area contributed by atoms with E-state index in [1.807, 2.05) is 54.6 Å². The van der Waals surface area contributed by atoms with Gasteiger partial charge in [0.05, 0.1) is 36.5 Å². The van der Waals surface area contributed by atoms with Crippen molar-refractivity contribution in [2.45, 2.75) is 51.0 Å². The number of carbonyl (C=O) groups excluding carboxylic acids is 2. The first-order chi connectivity index (χ1) is 20.9. The van der Waals surface area contributed by atoms with Crippen LogP contribution in [0.15, 0.2) is 103 Å². The minimum Gasteiger partial charge on any atom is -0.392 e. The molecule has 2 amide bonds. The first-order valence-corrected chi connectivity index (χ1v) is 14.7. The Hall–Kier alpha value is -4.14. The number of hydrogen-bond acceptors (Lipinski definition) is 6.